The van der Waals surface area contributed by atoms with Gasteiger partial charge >= 0.3 is 12.2 Å². The Kier molecular flexibility index (Phi) is 18.3. The molecule has 10 heteroatoms. The van der Waals surface area contributed by atoms with Gasteiger partial charge in [-0.15, -0.1) is 13.2 Å². The first-order valence-corrected chi connectivity index (χ1v) is 19.4. The molecule has 10 nitrogen and oxygen atoms in total. The number of nitrogens with zero attached hydrogens (tertiary/aromatic N) is 2. The van der Waals surface area contributed by atoms with E-state index in [4.69, 9.17) is 28.9 Å². The number of hydrogen-bond acceptors (Lipinski definition) is 8. The van der Waals surface area contributed by atoms with Gasteiger partial charge in [0.05, 0.1) is 44.5 Å². The molecule has 4 aliphatic carbocycles. The van der Waals surface area contributed by atoms with E-state index in [1.807, 2.05) is 0 Å². The first-order chi connectivity index (χ1) is 24.0. The molecule has 0 spiro atoms. The van der Waals surface area contributed by atoms with Crippen LogP contribution in [-0.2, 0) is 18.9 Å². The van der Waals surface area contributed by atoms with Crippen LogP contribution in [0.1, 0.15) is 116 Å². The minimum Gasteiger partial charge on any atom is -0.447 e. The highest BCUT2D eigenvalue weighted by molar-refractivity contribution is 5.67. The highest BCUT2D eigenvalue weighted by atomic mass is 16.6. The fraction of sp³-hybridized carbons (Fsp3) is 0.821. The summed E-state index contributed by atoms with van der Waals surface area (Å²) in [6.45, 7) is 9.49. The molecule has 0 heterocycles. The van der Waals surface area contributed by atoms with Crippen LogP contribution in [0.15, 0.2) is 35.3 Å². The number of alkyl carbamates (subject to hydrolysis) is 2. The van der Waals surface area contributed by atoms with Gasteiger partial charge in [-0.2, -0.15) is 0 Å². The van der Waals surface area contributed by atoms with Gasteiger partial charge in [0.15, 0.2) is 0 Å². The monoisotopic (exact) mass is 684 g/mol. The van der Waals surface area contributed by atoms with E-state index in [0.29, 0.717) is 38.5 Å². The van der Waals surface area contributed by atoms with Crippen molar-refractivity contribution in [3.8, 4) is 0 Å². The van der Waals surface area contributed by atoms with Gasteiger partial charge in [0, 0.05) is 12.1 Å². The number of nitrogens with one attached hydrogen (secondary N) is 2. The second-order valence-electron chi connectivity index (χ2n) is 14.9. The summed E-state index contributed by atoms with van der Waals surface area (Å²) in [5.41, 5.74) is 0. The van der Waals surface area contributed by atoms with Gasteiger partial charge in [0.25, 0.3) is 0 Å². The molecule has 276 valence electrons. The summed E-state index contributed by atoms with van der Waals surface area (Å²) < 4.78 is 20.9. The maximum atomic E-state index is 12.0. The minimum atomic E-state index is -0.329. The van der Waals surface area contributed by atoms with Gasteiger partial charge in [0.1, 0.15) is 13.2 Å². The lowest BCUT2D eigenvalue weighted by molar-refractivity contribution is 0.0816. The number of hydrogen-bond donors (Lipinski definition) is 2. The van der Waals surface area contributed by atoms with Crippen molar-refractivity contribution in [2.24, 2.45) is 33.7 Å². The molecule has 0 unspecified atom stereocenters. The third kappa shape index (κ3) is 15.8. The molecule has 2 N–H and O–H groups in total. The van der Waals surface area contributed by atoms with Crippen molar-refractivity contribution in [3.05, 3.63) is 25.3 Å². The molecule has 0 saturated heterocycles. The molecular formula is C39H64N4O6. The molecule has 0 aromatic rings. The van der Waals surface area contributed by atoms with E-state index in [0.717, 1.165) is 75.0 Å². The summed E-state index contributed by atoms with van der Waals surface area (Å²) in [5.74, 6) is 3.14. The Labute approximate surface area is 295 Å². The molecule has 0 aromatic heterocycles. The predicted molar refractivity (Wildman–Crippen MR) is 193 cm³/mol. The molecule has 49 heavy (non-hydrogen) atoms. The van der Waals surface area contributed by atoms with Crippen molar-refractivity contribution >= 4 is 18.2 Å². The fourth-order valence-corrected chi connectivity index (χ4v) is 8.38. The van der Waals surface area contributed by atoms with Crippen molar-refractivity contribution in [1.29, 1.82) is 0 Å². The number of carbonyl (C=O) groups excluding carboxylic acids is 2. The average Bonchev–Trinajstić information content (AvgIpc) is 3.11. The number of carbonyl (C=O) groups is 2. The first kappa shape index (κ1) is 39.1. The standard InChI is InChI=1S/C39H64N4O6/c1-3-21-46-23-25-48-38(44)42-36-17-9-32(10-18-36)27-30-5-13-34(14-6-30)40-29-41-35-15-7-31(8-16-35)28-33-11-19-37(20-12-33)43-39(45)49-26-24-47-22-4-2/h3-4,30-37H,1-2,5-28H2,(H,42,44)(H,43,45). The molecule has 0 radical (unpaired) electrons. The van der Waals surface area contributed by atoms with E-state index in [-0.39, 0.29) is 37.5 Å². The lowest BCUT2D eigenvalue weighted by Crippen LogP contribution is -2.38. The van der Waals surface area contributed by atoms with Crippen LogP contribution in [0.25, 0.3) is 0 Å². The SMILES string of the molecule is C=CCOCCOC(=O)NC1CCC(CC2CCC(N=C=NC3CCC(CC4CCC(NC(=O)OCCOCC=C)CC4)CC3)CC2)CC1. The van der Waals surface area contributed by atoms with Crippen LogP contribution in [0.2, 0.25) is 0 Å². The maximum Gasteiger partial charge on any atom is 0.407 e. The maximum absolute atomic E-state index is 12.0. The second-order valence-corrected chi connectivity index (χ2v) is 14.9. The molecule has 0 aromatic carbocycles. The normalized spacial score (nSPS) is 30.2. The lowest BCUT2D eigenvalue weighted by atomic mass is 9.76. The summed E-state index contributed by atoms with van der Waals surface area (Å²) in [5, 5.41) is 6.06. The molecular weight excluding hydrogens is 620 g/mol. The first-order valence-electron chi connectivity index (χ1n) is 19.4. The van der Waals surface area contributed by atoms with Crippen molar-refractivity contribution < 1.29 is 28.5 Å². The zero-order chi connectivity index (χ0) is 34.5. The summed E-state index contributed by atoms with van der Waals surface area (Å²) in [7, 11) is 0. The van der Waals surface area contributed by atoms with Crippen LogP contribution in [0.5, 0.6) is 0 Å². The van der Waals surface area contributed by atoms with E-state index in [1.54, 1.807) is 12.2 Å². The summed E-state index contributed by atoms with van der Waals surface area (Å²) >= 11 is 0. The molecule has 2 amide bonds. The Morgan fingerprint density at radius 3 is 1.24 bits per heavy atom. The van der Waals surface area contributed by atoms with Crippen LogP contribution in [0.4, 0.5) is 9.59 Å². The summed E-state index contributed by atoms with van der Waals surface area (Å²) in [6.07, 6.45) is 23.9. The molecule has 4 aliphatic rings. The Bertz CT molecular complexity index is 954. The van der Waals surface area contributed by atoms with Gasteiger partial charge in [-0.25, -0.2) is 19.6 Å². The van der Waals surface area contributed by atoms with Crippen molar-refractivity contribution in [1.82, 2.24) is 10.6 Å². The Hall–Kier alpha value is -2.68. The number of rotatable bonds is 18. The molecule has 0 aliphatic heterocycles. The quantitative estimate of drug-likeness (QED) is 0.0857. The highest BCUT2D eigenvalue weighted by Gasteiger charge is 2.29. The highest BCUT2D eigenvalue weighted by Crippen LogP contribution is 2.37. The minimum absolute atomic E-state index is 0.227. The predicted octanol–water partition coefficient (Wildman–Crippen LogP) is 8.03. The van der Waals surface area contributed by atoms with Gasteiger partial charge in [0.2, 0.25) is 0 Å². The largest absolute Gasteiger partial charge is 0.447 e. The number of amides is 2. The van der Waals surface area contributed by atoms with Gasteiger partial charge in [-0.1, -0.05) is 12.2 Å². The summed E-state index contributed by atoms with van der Waals surface area (Å²) in [4.78, 5) is 33.6. The van der Waals surface area contributed by atoms with E-state index < -0.39 is 0 Å². The Morgan fingerprint density at radius 2 is 0.898 bits per heavy atom. The van der Waals surface area contributed by atoms with Crippen LogP contribution in [-0.4, -0.2) is 82.0 Å². The fourth-order valence-electron chi connectivity index (χ4n) is 8.38. The van der Waals surface area contributed by atoms with E-state index >= 15 is 0 Å². The van der Waals surface area contributed by atoms with Crippen LogP contribution in [0.3, 0.4) is 0 Å². The van der Waals surface area contributed by atoms with E-state index in [2.05, 4.69) is 29.8 Å². The third-order valence-corrected chi connectivity index (χ3v) is 11.2. The smallest absolute Gasteiger partial charge is 0.407 e. The second kappa shape index (κ2) is 22.9. The van der Waals surface area contributed by atoms with Crippen molar-refractivity contribution in [3.63, 3.8) is 0 Å². The zero-order valence-electron chi connectivity index (χ0n) is 30.0. The molecule has 4 fully saturated rings. The van der Waals surface area contributed by atoms with Crippen molar-refractivity contribution in [2.75, 3.05) is 39.6 Å². The molecule has 4 saturated carbocycles. The van der Waals surface area contributed by atoms with E-state index in [9.17, 15) is 9.59 Å². The van der Waals surface area contributed by atoms with E-state index in [1.165, 1.54) is 64.2 Å². The number of ether oxygens (including phenoxy) is 4. The molecule has 0 atom stereocenters. The van der Waals surface area contributed by atoms with Crippen molar-refractivity contribution in [2.45, 2.75) is 140 Å². The third-order valence-electron chi connectivity index (χ3n) is 11.2. The Morgan fingerprint density at radius 1 is 0.551 bits per heavy atom. The summed E-state index contributed by atoms with van der Waals surface area (Å²) in [6, 6.07) is 4.36. The van der Waals surface area contributed by atoms with Gasteiger partial charge in [-0.05, 0) is 139 Å². The Balaban J connectivity index is 1.00. The van der Waals surface area contributed by atoms with Crippen LogP contribution in [0, 0.1) is 23.7 Å². The lowest BCUT2D eigenvalue weighted by Gasteiger charge is -2.33. The zero-order valence-corrected chi connectivity index (χ0v) is 30.0. The average molecular weight is 685 g/mol. The van der Waals surface area contributed by atoms with Gasteiger partial charge < -0.3 is 29.6 Å². The molecule has 4 rings (SSSR count). The topological polar surface area (TPSA) is 120 Å². The number of aliphatic imine (C=N–C) groups is 2. The van der Waals surface area contributed by atoms with Crippen LogP contribution < -0.4 is 10.6 Å². The van der Waals surface area contributed by atoms with Crippen LogP contribution >= 0.6 is 0 Å². The van der Waals surface area contributed by atoms with Gasteiger partial charge in [-0.3, -0.25) is 0 Å². The molecule has 0 bridgehead atoms.